The van der Waals surface area contributed by atoms with Crippen molar-refractivity contribution in [2.45, 2.75) is 20.0 Å². The summed E-state index contributed by atoms with van der Waals surface area (Å²) < 4.78 is 21.6. The van der Waals surface area contributed by atoms with Gasteiger partial charge in [0.25, 0.3) is 5.97 Å². The number of aliphatic carboxylic acids is 1. The Morgan fingerprint density at radius 2 is 1.50 bits per heavy atom. The number of amides is 2. The van der Waals surface area contributed by atoms with Crippen LogP contribution in [-0.4, -0.2) is 38.4 Å². The summed E-state index contributed by atoms with van der Waals surface area (Å²) in [6.07, 6.45) is 1.62. The molecule has 3 aromatic carbocycles. The first-order chi connectivity index (χ1) is 18.3. The van der Waals surface area contributed by atoms with Gasteiger partial charge in [-0.15, -0.1) is 0 Å². The van der Waals surface area contributed by atoms with E-state index in [0.717, 1.165) is 29.0 Å². The number of furan rings is 1. The largest absolute Gasteiger partial charge is 0.496 e. The lowest BCUT2D eigenvalue weighted by molar-refractivity contribution is -0.134. The molecule has 0 saturated heterocycles. The number of anilines is 2. The number of rotatable bonds is 9. The Morgan fingerprint density at radius 1 is 0.842 bits per heavy atom. The zero-order valence-corrected chi connectivity index (χ0v) is 21.7. The number of nitrogens with one attached hydrogen (secondary N) is 3. The van der Waals surface area contributed by atoms with Crippen LogP contribution in [0.2, 0.25) is 0 Å². The summed E-state index contributed by atoms with van der Waals surface area (Å²) in [6.45, 7) is 2.21. The molecule has 0 atom stereocenters. The highest BCUT2D eigenvalue weighted by molar-refractivity contribution is 6.00. The van der Waals surface area contributed by atoms with Crippen LogP contribution in [0.25, 0.3) is 11.0 Å². The number of ether oxygens (including phenoxy) is 3. The minimum Gasteiger partial charge on any atom is -0.496 e. The molecule has 0 aliphatic heterocycles. The Morgan fingerprint density at radius 3 is 2.13 bits per heavy atom. The number of carbonyl (C=O) groups excluding carboxylic acids is 1. The van der Waals surface area contributed by atoms with Crippen molar-refractivity contribution in [3.05, 3.63) is 78.1 Å². The van der Waals surface area contributed by atoms with Crippen LogP contribution in [0.5, 0.6) is 17.2 Å². The van der Waals surface area contributed by atoms with Crippen LogP contribution in [0.4, 0.5) is 16.2 Å². The fourth-order valence-electron chi connectivity index (χ4n) is 3.68. The summed E-state index contributed by atoms with van der Waals surface area (Å²) in [6, 6.07) is 18.3. The molecule has 10 nitrogen and oxygen atoms in total. The third-order valence-corrected chi connectivity index (χ3v) is 5.34. The molecule has 10 heteroatoms. The van der Waals surface area contributed by atoms with Gasteiger partial charge in [-0.2, -0.15) is 0 Å². The molecule has 0 saturated carbocycles. The third-order valence-electron chi connectivity index (χ3n) is 5.34. The number of hydrogen-bond acceptors (Lipinski definition) is 7. The molecule has 0 radical (unpaired) electrons. The first-order valence-electron chi connectivity index (χ1n) is 11.7. The number of carboxylic acids is 1. The molecular formula is C28H31N3O7. The molecule has 2 amide bonds. The van der Waals surface area contributed by atoms with Gasteiger partial charge in [-0.05, 0) is 42.0 Å². The molecule has 0 bridgehead atoms. The van der Waals surface area contributed by atoms with Crippen LogP contribution in [-0.2, 0) is 17.9 Å². The zero-order valence-electron chi connectivity index (χ0n) is 21.7. The standard InChI is InChI=1S/C26H27N3O5.C2H4O2/c1-31-21-13-24(32-2)22(25(14-21)33-3)16-27-15-17-5-4-6-19(11-17)28-26(30)29-20-7-8-23-18(12-20)9-10-34-23;1-2(3)4/h4-14,27H,15-16H2,1-3H3,(H2,28,29,30);1H3,(H,3,4). The Kier molecular flexibility index (Phi) is 9.95. The fourth-order valence-corrected chi connectivity index (χ4v) is 3.68. The van der Waals surface area contributed by atoms with E-state index in [0.29, 0.717) is 41.7 Å². The van der Waals surface area contributed by atoms with E-state index < -0.39 is 5.97 Å². The number of methoxy groups -OCH3 is 3. The molecule has 0 unspecified atom stereocenters. The maximum absolute atomic E-state index is 12.5. The van der Waals surface area contributed by atoms with Crippen LogP contribution in [0.15, 0.2) is 71.3 Å². The van der Waals surface area contributed by atoms with Crippen LogP contribution in [0.1, 0.15) is 18.1 Å². The molecule has 1 aromatic heterocycles. The summed E-state index contributed by atoms with van der Waals surface area (Å²) in [5.41, 5.74) is 4.07. The molecule has 4 N–H and O–H groups in total. The minimum atomic E-state index is -0.833. The first kappa shape index (κ1) is 27.9. The molecular weight excluding hydrogens is 490 g/mol. The number of carbonyl (C=O) groups is 2. The minimum absolute atomic E-state index is 0.319. The molecule has 1 heterocycles. The average molecular weight is 522 g/mol. The average Bonchev–Trinajstić information content (AvgIpc) is 3.36. The van der Waals surface area contributed by atoms with Gasteiger partial charge < -0.3 is 39.7 Å². The van der Waals surface area contributed by atoms with Gasteiger partial charge in [0.15, 0.2) is 0 Å². The maximum atomic E-state index is 12.5. The molecule has 0 spiro atoms. The molecule has 0 aliphatic carbocycles. The Balaban J connectivity index is 0.000000934. The van der Waals surface area contributed by atoms with E-state index in [-0.39, 0.29) is 6.03 Å². The summed E-state index contributed by atoms with van der Waals surface area (Å²) in [5.74, 6) is 1.20. The second-order valence-corrected chi connectivity index (χ2v) is 8.09. The van der Waals surface area contributed by atoms with Gasteiger partial charge in [-0.25, -0.2) is 4.79 Å². The van der Waals surface area contributed by atoms with Crippen LogP contribution in [0, 0.1) is 0 Å². The van der Waals surface area contributed by atoms with E-state index in [2.05, 4.69) is 16.0 Å². The van der Waals surface area contributed by atoms with E-state index in [4.69, 9.17) is 28.5 Å². The molecule has 4 aromatic rings. The van der Waals surface area contributed by atoms with Crippen molar-refractivity contribution in [2.24, 2.45) is 0 Å². The number of urea groups is 1. The Hall–Kier alpha value is -4.70. The number of benzene rings is 3. The van der Waals surface area contributed by atoms with Crippen molar-refractivity contribution < 1.29 is 33.3 Å². The summed E-state index contributed by atoms with van der Waals surface area (Å²) in [4.78, 5) is 21.5. The third kappa shape index (κ3) is 7.90. The summed E-state index contributed by atoms with van der Waals surface area (Å²) in [5, 5.41) is 17.5. The monoisotopic (exact) mass is 521 g/mol. The molecule has 4 rings (SSSR count). The topological polar surface area (TPSA) is 131 Å². The molecule has 200 valence electrons. The van der Waals surface area contributed by atoms with Gasteiger partial charge in [-0.1, -0.05) is 12.1 Å². The van der Waals surface area contributed by atoms with Crippen molar-refractivity contribution in [3.8, 4) is 17.2 Å². The second kappa shape index (κ2) is 13.6. The van der Waals surface area contributed by atoms with Gasteiger partial charge in [0.1, 0.15) is 22.8 Å². The van der Waals surface area contributed by atoms with E-state index >= 15 is 0 Å². The van der Waals surface area contributed by atoms with E-state index in [9.17, 15) is 4.79 Å². The van der Waals surface area contributed by atoms with Gasteiger partial charge in [0.2, 0.25) is 0 Å². The Bertz CT molecular complexity index is 1350. The molecule has 0 aliphatic rings. The summed E-state index contributed by atoms with van der Waals surface area (Å²) >= 11 is 0. The van der Waals surface area contributed by atoms with Gasteiger partial charge >= 0.3 is 6.03 Å². The van der Waals surface area contributed by atoms with Crippen molar-refractivity contribution in [1.29, 1.82) is 0 Å². The van der Waals surface area contributed by atoms with Crippen LogP contribution >= 0.6 is 0 Å². The quantitative estimate of drug-likeness (QED) is 0.228. The van der Waals surface area contributed by atoms with Gasteiger partial charge in [0, 0.05) is 48.9 Å². The fraction of sp³-hybridized carbons (Fsp3) is 0.214. The van der Waals surface area contributed by atoms with E-state index in [1.165, 1.54) is 0 Å². The van der Waals surface area contributed by atoms with Gasteiger partial charge in [-0.3, -0.25) is 4.79 Å². The predicted molar refractivity (Wildman–Crippen MR) is 145 cm³/mol. The Labute approximate surface area is 220 Å². The van der Waals surface area contributed by atoms with Crippen molar-refractivity contribution in [2.75, 3.05) is 32.0 Å². The SMILES string of the molecule is CC(=O)O.COc1cc(OC)c(CNCc2cccc(NC(=O)Nc3ccc4occc4c3)c2)c(OC)c1. The number of fused-ring (bicyclic) bond motifs is 1. The number of hydrogen-bond donors (Lipinski definition) is 4. The van der Waals surface area contributed by atoms with E-state index in [1.807, 2.05) is 54.6 Å². The first-order valence-corrected chi connectivity index (χ1v) is 11.7. The van der Waals surface area contributed by atoms with Crippen LogP contribution in [0.3, 0.4) is 0 Å². The predicted octanol–water partition coefficient (Wildman–Crippen LogP) is 5.48. The normalized spacial score (nSPS) is 10.2. The smallest absolute Gasteiger partial charge is 0.323 e. The molecule has 38 heavy (non-hydrogen) atoms. The van der Waals surface area contributed by atoms with Crippen LogP contribution < -0.4 is 30.2 Å². The highest BCUT2D eigenvalue weighted by atomic mass is 16.5. The zero-order chi connectivity index (χ0) is 27.5. The van der Waals surface area contributed by atoms with Crippen molar-refractivity contribution >= 4 is 34.3 Å². The lowest BCUT2D eigenvalue weighted by atomic mass is 10.1. The van der Waals surface area contributed by atoms with Crippen molar-refractivity contribution in [1.82, 2.24) is 5.32 Å². The number of carboxylic acid groups (broad SMARTS) is 1. The lowest BCUT2D eigenvalue weighted by Crippen LogP contribution is -2.19. The highest BCUT2D eigenvalue weighted by Crippen LogP contribution is 2.34. The summed E-state index contributed by atoms with van der Waals surface area (Å²) in [7, 11) is 4.84. The molecule has 0 fully saturated rings. The van der Waals surface area contributed by atoms with Gasteiger partial charge in [0.05, 0.1) is 33.2 Å². The van der Waals surface area contributed by atoms with Crippen molar-refractivity contribution in [3.63, 3.8) is 0 Å². The van der Waals surface area contributed by atoms with E-state index in [1.54, 1.807) is 33.7 Å². The maximum Gasteiger partial charge on any atom is 0.323 e. The lowest BCUT2D eigenvalue weighted by Gasteiger charge is -2.16. The highest BCUT2D eigenvalue weighted by Gasteiger charge is 2.13. The second-order valence-electron chi connectivity index (χ2n) is 8.09.